The van der Waals surface area contributed by atoms with Crippen molar-refractivity contribution in [3.63, 3.8) is 0 Å². The van der Waals surface area contributed by atoms with Gasteiger partial charge in [-0.25, -0.2) is 0 Å². The first-order chi connectivity index (χ1) is 25.2. The lowest BCUT2D eigenvalue weighted by molar-refractivity contribution is 1.21. The molecule has 8 aromatic rings. The van der Waals surface area contributed by atoms with Crippen molar-refractivity contribution in [3.8, 4) is 33.5 Å². The smallest absolute Gasteiger partial charge is 0.0613 e. The number of rotatable bonds is 9. The third-order valence-electron chi connectivity index (χ3n) is 9.62. The molecule has 0 saturated heterocycles. The fourth-order valence-electron chi connectivity index (χ4n) is 7.27. The Balaban J connectivity index is 1.32. The van der Waals surface area contributed by atoms with Gasteiger partial charge in [0.2, 0.25) is 0 Å². The zero-order valence-corrected chi connectivity index (χ0v) is 29.1. The molecule has 2 nitrogen and oxygen atoms in total. The molecule has 2 heterocycles. The van der Waals surface area contributed by atoms with E-state index in [1.807, 2.05) is 0 Å². The molecule has 0 aliphatic carbocycles. The van der Waals surface area contributed by atoms with Crippen LogP contribution < -0.4 is 4.90 Å². The Morgan fingerprint density at radius 1 is 0.569 bits per heavy atom. The number of pyridine rings is 1. The molecule has 0 spiro atoms. The molecular weight excluding hydrogens is 617 g/mol. The maximum absolute atomic E-state index is 2.40. The van der Waals surface area contributed by atoms with Gasteiger partial charge in [0, 0.05) is 39.6 Å². The summed E-state index contributed by atoms with van der Waals surface area (Å²) in [6.45, 7) is 4.26. The quantitative estimate of drug-likeness (QED) is 0.140. The number of benzene rings is 6. The normalized spacial score (nSPS) is 11.8. The van der Waals surface area contributed by atoms with Gasteiger partial charge in [0.15, 0.2) is 0 Å². The van der Waals surface area contributed by atoms with Crippen molar-refractivity contribution < 1.29 is 0 Å². The largest absolute Gasteiger partial charge is 0.316 e. The van der Waals surface area contributed by atoms with Crippen LogP contribution in [-0.2, 0) is 0 Å². The average molecular weight is 657 g/mol. The molecular formula is C49H40N2. The van der Waals surface area contributed by atoms with Crippen LogP contribution >= 0.6 is 0 Å². The summed E-state index contributed by atoms with van der Waals surface area (Å²) in [5, 5.41) is 2.40. The van der Waals surface area contributed by atoms with Crippen molar-refractivity contribution in [2.24, 2.45) is 0 Å². The van der Waals surface area contributed by atoms with Crippen molar-refractivity contribution in [1.29, 1.82) is 0 Å². The number of anilines is 3. The molecule has 0 aliphatic heterocycles. The molecule has 2 heteroatoms. The number of allylic oxidation sites excluding steroid dienone is 4. The SMILES string of the molecule is C/C=C\C(=C/CC)c1ccc(N(c2ccc(-c3ccccc3)cc2)c2ccc(-c3c(-c4ccccc4)cc4ccccn34)c3ccccc23)cc1. The molecule has 8 rings (SSSR count). The summed E-state index contributed by atoms with van der Waals surface area (Å²) in [6.07, 6.45) is 9.76. The Labute approximate surface area is 300 Å². The minimum Gasteiger partial charge on any atom is -0.316 e. The highest BCUT2D eigenvalue weighted by atomic mass is 15.1. The van der Waals surface area contributed by atoms with Gasteiger partial charge in [-0.2, -0.15) is 0 Å². The standard InChI is InChI=1S/C49H40N2/c1-3-15-36(16-4-2)38-24-28-41(29-25-38)51(42-30-26-39(27-31-42)37-17-7-5-8-18-37)48-33-32-46(44-22-11-12-23-45(44)48)49-47(40-19-9-6-10-20-40)35-43-21-13-14-34-50(43)49/h3,5-35H,4H2,1-2H3/b15-3-,36-16+. The van der Waals surface area contributed by atoms with Crippen LogP contribution in [-0.4, -0.2) is 4.40 Å². The number of fused-ring (bicyclic) bond motifs is 2. The maximum Gasteiger partial charge on any atom is 0.0613 e. The third kappa shape index (κ3) is 6.17. The monoisotopic (exact) mass is 656 g/mol. The van der Waals surface area contributed by atoms with E-state index in [1.165, 1.54) is 60.9 Å². The predicted octanol–water partition coefficient (Wildman–Crippen LogP) is 13.9. The highest BCUT2D eigenvalue weighted by Gasteiger charge is 2.21. The number of hydrogen-bond donors (Lipinski definition) is 0. The molecule has 51 heavy (non-hydrogen) atoms. The van der Waals surface area contributed by atoms with Crippen LogP contribution in [0, 0.1) is 0 Å². The Morgan fingerprint density at radius 2 is 1.18 bits per heavy atom. The fourth-order valence-corrected chi connectivity index (χ4v) is 7.27. The molecule has 0 bridgehead atoms. The van der Waals surface area contributed by atoms with Gasteiger partial charge in [-0.05, 0) is 95.1 Å². The molecule has 0 N–H and O–H groups in total. The van der Waals surface area contributed by atoms with E-state index in [9.17, 15) is 0 Å². The lowest BCUT2D eigenvalue weighted by atomic mass is 9.95. The Hall–Kier alpha value is -6.38. The van der Waals surface area contributed by atoms with E-state index < -0.39 is 0 Å². The second kappa shape index (κ2) is 14.2. The first kappa shape index (κ1) is 31.9. The summed E-state index contributed by atoms with van der Waals surface area (Å²) in [5.74, 6) is 0. The zero-order chi connectivity index (χ0) is 34.6. The van der Waals surface area contributed by atoms with Gasteiger partial charge in [0.05, 0.1) is 11.4 Å². The number of aromatic nitrogens is 1. The summed E-state index contributed by atoms with van der Waals surface area (Å²) in [7, 11) is 0. The van der Waals surface area contributed by atoms with E-state index in [-0.39, 0.29) is 0 Å². The van der Waals surface area contributed by atoms with Gasteiger partial charge in [-0.15, -0.1) is 0 Å². The van der Waals surface area contributed by atoms with Crippen LogP contribution in [0.25, 0.3) is 55.4 Å². The van der Waals surface area contributed by atoms with Crippen LogP contribution in [0.15, 0.2) is 194 Å². The summed E-state index contributed by atoms with van der Waals surface area (Å²) < 4.78 is 2.33. The van der Waals surface area contributed by atoms with Crippen LogP contribution in [0.4, 0.5) is 17.1 Å². The van der Waals surface area contributed by atoms with Crippen LogP contribution in [0.3, 0.4) is 0 Å². The molecule has 0 saturated carbocycles. The Morgan fingerprint density at radius 3 is 1.86 bits per heavy atom. The van der Waals surface area contributed by atoms with E-state index in [1.54, 1.807) is 0 Å². The molecule has 0 amide bonds. The van der Waals surface area contributed by atoms with Crippen LogP contribution in [0.2, 0.25) is 0 Å². The molecule has 0 fully saturated rings. The lowest BCUT2D eigenvalue weighted by Crippen LogP contribution is -2.11. The van der Waals surface area contributed by atoms with Crippen molar-refractivity contribution >= 4 is 38.9 Å². The number of hydrogen-bond acceptors (Lipinski definition) is 1. The van der Waals surface area contributed by atoms with E-state index in [0.717, 1.165) is 23.5 Å². The summed E-state index contributed by atoms with van der Waals surface area (Å²) in [4.78, 5) is 2.40. The molecule has 0 unspecified atom stereocenters. The number of nitrogens with zero attached hydrogens (tertiary/aromatic N) is 2. The highest BCUT2D eigenvalue weighted by molar-refractivity contribution is 6.08. The first-order valence-electron chi connectivity index (χ1n) is 17.8. The minimum atomic E-state index is 0.989. The highest BCUT2D eigenvalue weighted by Crippen LogP contribution is 2.45. The van der Waals surface area contributed by atoms with Crippen molar-refractivity contribution in [1.82, 2.24) is 4.40 Å². The fraction of sp³-hybridized carbons (Fsp3) is 0.0612. The maximum atomic E-state index is 2.40. The first-order valence-corrected chi connectivity index (χ1v) is 17.8. The molecule has 246 valence electrons. The van der Waals surface area contributed by atoms with Crippen molar-refractivity contribution in [3.05, 3.63) is 200 Å². The van der Waals surface area contributed by atoms with E-state index in [0.29, 0.717) is 0 Å². The van der Waals surface area contributed by atoms with Crippen LogP contribution in [0.1, 0.15) is 25.8 Å². The summed E-state index contributed by atoms with van der Waals surface area (Å²) >= 11 is 0. The lowest BCUT2D eigenvalue weighted by Gasteiger charge is -2.28. The molecule has 0 radical (unpaired) electrons. The second-order valence-corrected chi connectivity index (χ2v) is 12.8. The Bertz CT molecular complexity index is 2480. The zero-order valence-electron chi connectivity index (χ0n) is 29.1. The van der Waals surface area contributed by atoms with Crippen LogP contribution in [0.5, 0.6) is 0 Å². The minimum absolute atomic E-state index is 0.989. The molecule has 6 aromatic carbocycles. The van der Waals surface area contributed by atoms with Gasteiger partial charge >= 0.3 is 0 Å². The molecule has 0 aliphatic rings. The van der Waals surface area contributed by atoms with Crippen molar-refractivity contribution in [2.45, 2.75) is 20.3 Å². The molecule has 0 atom stereocenters. The molecule has 2 aromatic heterocycles. The predicted molar refractivity (Wildman–Crippen MR) is 219 cm³/mol. The van der Waals surface area contributed by atoms with Crippen molar-refractivity contribution in [2.75, 3.05) is 4.90 Å². The van der Waals surface area contributed by atoms with E-state index >= 15 is 0 Å². The van der Waals surface area contributed by atoms with Gasteiger partial charge in [-0.3, -0.25) is 0 Å². The summed E-state index contributed by atoms with van der Waals surface area (Å²) in [5.41, 5.74) is 14.2. The second-order valence-electron chi connectivity index (χ2n) is 12.8. The van der Waals surface area contributed by atoms with Gasteiger partial charge < -0.3 is 9.30 Å². The Kier molecular flexibility index (Phi) is 8.89. The van der Waals surface area contributed by atoms with Gasteiger partial charge in [0.25, 0.3) is 0 Å². The van der Waals surface area contributed by atoms with E-state index in [4.69, 9.17) is 0 Å². The average Bonchev–Trinajstić information content (AvgIpc) is 3.59. The third-order valence-corrected chi connectivity index (χ3v) is 9.62. The van der Waals surface area contributed by atoms with Gasteiger partial charge in [0.1, 0.15) is 0 Å². The summed E-state index contributed by atoms with van der Waals surface area (Å²) in [6, 6.07) is 61.5. The topological polar surface area (TPSA) is 7.65 Å². The van der Waals surface area contributed by atoms with E-state index in [2.05, 4.69) is 217 Å². The van der Waals surface area contributed by atoms with Gasteiger partial charge in [-0.1, -0.05) is 146 Å².